The molecule has 0 spiro atoms. The van der Waals surface area contributed by atoms with Crippen molar-refractivity contribution in [1.82, 2.24) is 0 Å². The summed E-state index contributed by atoms with van der Waals surface area (Å²) in [7, 11) is -5.81. The zero-order valence-corrected chi connectivity index (χ0v) is 31.4. The van der Waals surface area contributed by atoms with Gasteiger partial charge in [-0.1, -0.05) is 122 Å². The van der Waals surface area contributed by atoms with Crippen LogP contribution in [0.2, 0.25) is 11.6 Å². The van der Waals surface area contributed by atoms with Gasteiger partial charge in [0.15, 0.2) is 0 Å². The zero-order chi connectivity index (χ0) is 31.2. The molecule has 254 valence electrons. The first kappa shape index (κ1) is 42.2. The number of hydrogen-bond donors (Lipinski definition) is 0. The largest absolute Gasteiger partial charge is 0.504 e. The topological polar surface area (TPSA) is 55.4 Å². The first-order chi connectivity index (χ1) is 20.5. The highest BCUT2D eigenvalue weighted by atomic mass is 28.4. The molecule has 0 aromatic heterocycles. The van der Waals surface area contributed by atoms with Crippen molar-refractivity contribution in [3.8, 4) is 0 Å². The lowest BCUT2D eigenvalue weighted by Gasteiger charge is -2.39. The van der Waals surface area contributed by atoms with E-state index in [0.29, 0.717) is 45.7 Å². The fourth-order valence-corrected chi connectivity index (χ4v) is 13.2. The highest BCUT2D eigenvalue weighted by Crippen LogP contribution is 2.39. The van der Waals surface area contributed by atoms with Crippen molar-refractivity contribution in [3.05, 3.63) is 0 Å². The Hall–Kier alpha value is 0.194. The first-order valence-corrected chi connectivity index (χ1v) is 22.1. The van der Waals surface area contributed by atoms with Crippen LogP contribution in [0.3, 0.4) is 0 Å². The molecular formula is C34H74O6Si2. The van der Waals surface area contributed by atoms with Crippen LogP contribution in [0.25, 0.3) is 0 Å². The quantitative estimate of drug-likeness (QED) is 0.0518. The van der Waals surface area contributed by atoms with Crippen molar-refractivity contribution in [2.24, 2.45) is 0 Å². The van der Waals surface area contributed by atoms with Gasteiger partial charge in [-0.25, -0.2) is 0 Å². The van der Waals surface area contributed by atoms with Crippen molar-refractivity contribution in [3.63, 3.8) is 0 Å². The van der Waals surface area contributed by atoms with Crippen LogP contribution in [0, 0.1) is 0 Å². The first-order valence-electron chi connectivity index (χ1n) is 18.4. The molecule has 0 radical (unpaired) electrons. The molecule has 0 aliphatic heterocycles. The van der Waals surface area contributed by atoms with Gasteiger partial charge >= 0.3 is 17.6 Å². The highest BCUT2D eigenvalue weighted by molar-refractivity contribution is 6.68. The van der Waals surface area contributed by atoms with Crippen LogP contribution in [-0.2, 0) is 26.6 Å². The van der Waals surface area contributed by atoms with E-state index in [1.165, 1.54) is 109 Å². The lowest BCUT2D eigenvalue weighted by atomic mass is 10.0. The van der Waals surface area contributed by atoms with Gasteiger partial charge in [0.2, 0.25) is 0 Å². The van der Waals surface area contributed by atoms with Crippen LogP contribution in [-0.4, -0.2) is 57.3 Å². The predicted molar refractivity (Wildman–Crippen MR) is 183 cm³/mol. The molecule has 42 heavy (non-hydrogen) atoms. The third-order valence-corrected chi connectivity index (χ3v) is 15.2. The Morgan fingerprint density at radius 3 is 0.929 bits per heavy atom. The van der Waals surface area contributed by atoms with E-state index >= 15 is 0 Å². The van der Waals surface area contributed by atoms with Crippen LogP contribution in [0.4, 0.5) is 0 Å². The maximum Gasteiger partial charge on any atom is 0.504 e. The van der Waals surface area contributed by atoms with Gasteiger partial charge in [0.1, 0.15) is 0 Å². The molecule has 0 saturated heterocycles. The Kier molecular flexibility index (Phi) is 30.0. The molecule has 8 heteroatoms. The summed E-state index contributed by atoms with van der Waals surface area (Å²) < 4.78 is 38.0. The number of hydrogen-bond acceptors (Lipinski definition) is 6. The maximum absolute atomic E-state index is 6.39. The summed E-state index contributed by atoms with van der Waals surface area (Å²) in [6.45, 7) is 17.9. The minimum absolute atomic E-state index is 0.106. The second-order valence-electron chi connectivity index (χ2n) is 11.6. The van der Waals surface area contributed by atoms with Gasteiger partial charge in [-0.05, 0) is 48.0 Å². The monoisotopic (exact) mass is 635 g/mol. The molecule has 0 amide bonds. The van der Waals surface area contributed by atoms with Crippen molar-refractivity contribution in [2.75, 3.05) is 39.6 Å². The van der Waals surface area contributed by atoms with Crippen LogP contribution >= 0.6 is 0 Å². The van der Waals surface area contributed by atoms with Gasteiger partial charge in [-0.15, -0.1) is 0 Å². The number of rotatable bonds is 34. The summed E-state index contributed by atoms with van der Waals surface area (Å²) in [6, 6.07) is 0.688. The molecule has 0 fully saturated rings. The van der Waals surface area contributed by atoms with E-state index in [1.807, 2.05) is 41.5 Å². The zero-order valence-electron chi connectivity index (χ0n) is 29.4. The standard InChI is InChI=1S/C34H74O6Si2/c1-8-15-16-17-18-19-20-21-22-23-24-25-26-27-28-29-30-31-32-34(42(38-12-5,39-13-6)40-14-7)33-41(35-9-2,36-10-3)37-11-4/h34H,8-33H2,1-7H3. The number of unbranched alkanes of at least 4 members (excludes halogenated alkanes) is 17. The summed E-state index contributed by atoms with van der Waals surface area (Å²) in [5.74, 6) is 0. The van der Waals surface area contributed by atoms with Crippen LogP contribution in [0.5, 0.6) is 0 Å². The lowest BCUT2D eigenvalue weighted by molar-refractivity contribution is 0.0473. The molecule has 0 heterocycles. The molecule has 1 atom stereocenters. The van der Waals surface area contributed by atoms with Crippen LogP contribution < -0.4 is 0 Å². The second-order valence-corrected chi connectivity index (χ2v) is 17.1. The van der Waals surface area contributed by atoms with Crippen molar-refractivity contribution < 1.29 is 26.6 Å². The molecule has 0 aliphatic rings. The molecule has 1 unspecified atom stereocenters. The van der Waals surface area contributed by atoms with Gasteiger partial charge in [-0.2, -0.15) is 0 Å². The molecule has 0 aromatic rings. The van der Waals surface area contributed by atoms with Gasteiger partial charge in [0.25, 0.3) is 0 Å². The molecule has 6 nitrogen and oxygen atoms in total. The third-order valence-electron chi connectivity index (χ3n) is 8.03. The summed E-state index contributed by atoms with van der Waals surface area (Å²) >= 11 is 0. The molecule has 0 N–H and O–H groups in total. The summed E-state index contributed by atoms with van der Waals surface area (Å²) in [5, 5.41) is 0. The second kappa shape index (κ2) is 29.9. The lowest BCUT2D eigenvalue weighted by Crippen LogP contribution is -2.55. The Bertz CT molecular complexity index is 520. The Morgan fingerprint density at radius 2 is 0.643 bits per heavy atom. The Morgan fingerprint density at radius 1 is 0.357 bits per heavy atom. The minimum atomic E-state index is -2.94. The highest BCUT2D eigenvalue weighted by Gasteiger charge is 2.55. The Balaban J connectivity index is 4.58. The molecule has 0 aliphatic carbocycles. The Labute approximate surface area is 265 Å². The minimum Gasteiger partial charge on any atom is -0.374 e. The molecule has 0 bridgehead atoms. The van der Waals surface area contributed by atoms with Crippen molar-refractivity contribution in [1.29, 1.82) is 0 Å². The van der Waals surface area contributed by atoms with Gasteiger partial charge in [0, 0.05) is 51.2 Å². The smallest absolute Gasteiger partial charge is 0.374 e. The summed E-state index contributed by atoms with van der Waals surface area (Å²) in [5.41, 5.74) is 0.106. The maximum atomic E-state index is 6.39. The van der Waals surface area contributed by atoms with E-state index in [9.17, 15) is 0 Å². The van der Waals surface area contributed by atoms with Gasteiger partial charge in [-0.3, -0.25) is 0 Å². The SMILES string of the molecule is CCCCCCCCCCCCCCCCCCCCC(C[Si](OCC)(OCC)OCC)[Si](OCC)(OCC)OCC. The molecule has 0 aromatic carbocycles. The van der Waals surface area contributed by atoms with Crippen molar-refractivity contribution >= 4 is 17.6 Å². The van der Waals surface area contributed by atoms with E-state index in [2.05, 4.69) is 6.92 Å². The predicted octanol–water partition coefficient (Wildman–Crippen LogP) is 10.9. The molecule has 0 rings (SSSR count). The van der Waals surface area contributed by atoms with Crippen LogP contribution in [0.15, 0.2) is 0 Å². The summed E-state index contributed by atoms with van der Waals surface area (Å²) in [4.78, 5) is 0. The van der Waals surface area contributed by atoms with Crippen molar-refractivity contribution in [2.45, 2.75) is 182 Å². The van der Waals surface area contributed by atoms with E-state index < -0.39 is 17.6 Å². The van der Waals surface area contributed by atoms with E-state index in [0.717, 1.165) is 12.8 Å². The average molecular weight is 635 g/mol. The molecular weight excluding hydrogens is 561 g/mol. The van der Waals surface area contributed by atoms with E-state index in [4.69, 9.17) is 26.6 Å². The normalized spacial score (nSPS) is 13.2. The summed E-state index contributed by atoms with van der Waals surface area (Å²) in [6.07, 6.45) is 25.9. The molecule has 0 saturated carbocycles. The van der Waals surface area contributed by atoms with E-state index in [1.54, 1.807) is 0 Å². The van der Waals surface area contributed by atoms with Gasteiger partial charge < -0.3 is 26.6 Å². The average Bonchev–Trinajstić information content (AvgIpc) is 2.96. The fraction of sp³-hybridized carbons (Fsp3) is 1.00. The fourth-order valence-electron chi connectivity index (χ4n) is 6.04. The van der Waals surface area contributed by atoms with Crippen LogP contribution in [0.1, 0.15) is 170 Å². The van der Waals surface area contributed by atoms with Gasteiger partial charge in [0.05, 0.1) is 0 Å². The third kappa shape index (κ3) is 20.3. The van der Waals surface area contributed by atoms with E-state index in [-0.39, 0.29) is 5.54 Å².